The van der Waals surface area contributed by atoms with Crippen LogP contribution in [0, 0.1) is 0 Å². The molecule has 0 aliphatic rings. The molecule has 0 radical (unpaired) electrons. The van der Waals surface area contributed by atoms with E-state index in [2.05, 4.69) is 50.3 Å². The quantitative estimate of drug-likeness (QED) is 0.0211. The van der Waals surface area contributed by atoms with Crippen LogP contribution in [0.2, 0.25) is 0 Å². The van der Waals surface area contributed by atoms with E-state index >= 15 is 0 Å². The largest absolute Gasteiger partial charge is 0.472 e. The van der Waals surface area contributed by atoms with Gasteiger partial charge in [-0.1, -0.05) is 378 Å². The molecule has 1 N–H and O–H groups in total. The van der Waals surface area contributed by atoms with E-state index in [1.165, 1.54) is 327 Å². The first-order valence-electron chi connectivity index (χ1n) is 39.2. The van der Waals surface area contributed by atoms with Crippen molar-refractivity contribution in [1.29, 1.82) is 0 Å². The van der Waals surface area contributed by atoms with Crippen LogP contribution in [0.15, 0.2) is 36.5 Å². The van der Waals surface area contributed by atoms with E-state index in [4.69, 9.17) is 18.5 Å². The summed E-state index contributed by atoms with van der Waals surface area (Å²) in [6.07, 6.45) is 91.5. The number of carbonyl (C=O) groups excluding carboxylic acids is 2. The van der Waals surface area contributed by atoms with E-state index in [0.717, 1.165) is 44.9 Å². The first kappa shape index (κ1) is 87.2. The molecule has 0 rings (SSSR count). The molecule has 2 atom stereocenters. The zero-order valence-corrected chi connectivity index (χ0v) is 61.1. The van der Waals surface area contributed by atoms with Crippen LogP contribution in [0.4, 0.5) is 0 Å². The van der Waals surface area contributed by atoms with E-state index in [1.54, 1.807) is 0 Å². The fraction of sp³-hybridized carbons (Fsp3) is 0.899. The molecule has 0 bridgehead atoms. The summed E-state index contributed by atoms with van der Waals surface area (Å²) in [6, 6.07) is 0. The van der Waals surface area contributed by atoms with Crippen molar-refractivity contribution >= 4 is 19.8 Å². The van der Waals surface area contributed by atoms with Crippen LogP contribution in [-0.2, 0) is 32.7 Å². The molecule has 0 amide bonds. The lowest BCUT2D eigenvalue weighted by molar-refractivity contribution is -0.870. The minimum Gasteiger partial charge on any atom is -0.462 e. The van der Waals surface area contributed by atoms with Gasteiger partial charge in [-0.05, 0) is 51.4 Å². The predicted molar refractivity (Wildman–Crippen MR) is 386 cm³/mol. The summed E-state index contributed by atoms with van der Waals surface area (Å²) in [7, 11) is 1.50. The Labute approximate surface area is 554 Å². The van der Waals surface area contributed by atoms with E-state index in [9.17, 15) is 19.0 Å². The number of ether oxygens (including phenoxy) is 2. The number of quaternary nitrogens is 1. The maximum absolute atomic E-state index is 12.9. The zero-order chi connectivity index (χ0) is 64.8. The molecular formula is C79H153NO8P+. The summed E-state index contributed by atoms with van der Waals surface area (Å²) in [5.74, 6) is -0.770. The van der Waals surface area contributed by atoms with Crippen molar-refractivity contribution in [2.45, 2.75) is 412 Å². The van der Waals surface area contributed by atoms with Crippen LogP contribution in [0.5, 0.6) is 0 Å². The van der Waals surface area contributed by atoms with Gasteiger partial charge in [-0.3, -0.25) is 18.6 Å². The summed E-state index contributed by atoms with van der Waals surface area (Å²) in [4.78, 5) is 35.9. The van der Waals surface area contributed by atoms with Gasteiger partial charge in [-0.15, -0.1) is 0 Å². The van der Waals surface area contributed by atoms with Crippen LogP contribution in [0.25, 0.3) is 0 Å². The van der Waals surface area contributed by atoms with Gasteiger partial charge < -0.3 is 18.9 Å². The molecule has 0 saturated heterocycles. The molecule has 0 aromatic heterocycles. The van der Waals surface area contributed by atoms with Gasteiger partial charge in [-0.25, -0.2) is 4.57 Å². The van der Waals surface area contributed by atoms with Gasteiger partial charge in [0.05, 0.1) is 27.7 Å². The standard InChI is InChI=1S/C79H152NO8P/c1-6-8-10-12-14-16-18-20-22-24-26-28-30-32-34-35-36-37-38-39-40-41-42-43-44-45-46-48-50-52-54-56-58-60-62-64-66-68-70-72-79(82)88-77(76-87-89(83,84)86-74-73-80(3,4)5)75-85-78(81)71-69-67-65-63-61-59-57-55-53-51-49-47-33-31-29-27-25-23-21-19-17-15-13-11-9-7-2/h18,20,24,26,30,32,77H,6-17,19,21-23,25,27-29,31,33-76H2,1-5H3/p+1/b20-18-,26-24-,32-30-. The first-order valence-corrected chi connectivity index (χ1v) is 40.7. The van der Waals surface area contributed by atoms with Crippen LogP contribution in [0.3, 0.4) is 0 Å². The molecule has 9 nitrogen and oxygen atoms in total. The minimum atomic E-state index is -4.39. The average molecular weight is 1280 g/mol. The SMILES string of the molecule is CCCCCCC/C=C\C/C=C\C/C=C\CCCCCCCCCCCCCCCCCCCCCCCCCCC(=O)OC(COC(=O)CCCCCCCCCCCCCCCCCCCCCCCCCCCC)COP(=O)(O)OCC[N+](C)(C)C. The number of hydrogen-bond donors (Lipinski definition) is 1. The fourth-order valence-corrected chi connectivity index (χ4v) is 12.7. The van der Waals surface area contributed by atoms with Crippen LogP contribution < -0.4 is 0 Å². The van der Waals surface area contributed by atoms with Crippen molar-refractivity contribution in [2.75, 3.05) is 47.5 Å². The molecule has 0 aromatic rings. The molecule has 2 unspecified atom stereocenters. The third-order valence-corrected chi connectivity index (χ3v) is 18.9. The maximum Gasteiger partial charge on any atom is 0.472 e. The van der Waals surface area contributed by atoms with Gasteiger partial charge in [0.2, 0.25) is 0 Å². The summed E-state index contributed by atoms with van der Waals surface area (Å²) < 4.78 is 34.8. The molecule has 0 aliphatic heterocycles. The number of hydrogen-bond acceptors (Lipinski definition) is 7. The molecule has 526 valence electrons. The van der Waals surface area contributed by atoms with Crippen LogP contribution in [0.1, 0.15) is 406 Å². The Morgan fingerprint density at radius 1 is 0.348 bits per heavy atom. The van der Waals surface area contributed by atoms with Crippen molar-refractivity contribution in [3.8, 4) is 0 Å². The Morgan fingerprint density at radius 2 is 0.607 bits per heavy atom. The van der Waals surface area contributed by atoms with E-state index < -0.39 is 26.5 Å². The predicted octanol–water partition coefficient (Wildman–Crippen LogP) is 25.8. The normalized spacial score (nSPS) is 13.2. The lowest BCUT2D eigenvalue weighted by Crippen LogP contribution is -2.37. The Morgan fingerprint density at radius 3 is 0.899 bits per heavy atom. The first-order chi connectivity index (χ1) is 43.5. The summed E-state index contributed by atoms with van der Waals surface area (Å²) in [5, 5.41) is 0. The second-order valence-electron chi connectivity index (χ2n) is 28.1. The van der Waals surface area contributed by atoms with Gasteiger partial charge in [0.1, 0.15) is 19.8 Å². The summed E-state index contributed by atoms with van der Waals surface area (Å²) in [5.41, 5.74) is 0. The molecule has 0 heterocycles. The fourth-order valence-electron chi connectivity index (χ4n) is 11.9. The number of phosphoric ester groups is 1. The Bertz CT molecular complexity index is 1590. The van der Waals surface area contributed by atoms with Crippen molar-refractivity contribution < 1.29 is 42.1 Å². The smallest absolute Gasteiger partial charge is 0.462 e. The van der Waals surface area contributed by atoms with E-state index in [0.29, 0.717) is 23.9 Å². The van der Waals surface area contributed by atoms with Crippen molar-refractivity contribution in [2.24, 2.45) is 0 Å². The number of esters is 2. The second kappa shape index (κ2) is 70.5. The summed E-state index contributed by atoms with van der Waals surface area (Å²) in [6.45, 7) is 4.51. The Kier molecular flexibility index (Phi) is 69.1. The van der Waals surface area contributed by atoms with E-state index in [1.807, 2.05) is 21.1 Å². The Balaban J connectivity index is 3.90. The lowest BCUT2D eigenvalue weighted by atomic mass is 10.0. The molecule has 89 heavy (non-hydrogen) atoms. The van der Waals surface area contributed by atoms with Crippen LogP contribution >= 0.6 is 7.82 Å². The highest BCUT2D eigenvalue weighted by molar-refractivity contribution is 7.47. The molecule has 0 aromatic carbocycles. The van der Waals surface area contributed by atoms with Gasteiger partial charge in [0.15, 0.2) is 6.10 Å². The number of nitrogens with zero attached hydrogens (tertiary/aromatic N) is 1. The molecule has 0 aliphatic carbocycles. The number of rotatable bonds is 74. The van der Waals surface area contributed by atoms with Crippen molar-refractivity contribution in [3.05, 3.63) is 36.5 Å². The average Bonchev–Trinajstić information content (AvgIpc) is 3.60. The number of phosphoric acid groups is 1. The molecule has 10 heteroatoms. The number of likely N-dealkylation sites (N-methyl/N-ethyl adjacent to an activating group) is 1. The third kappa shape index (κ3) is 75.1. The van der Waals surface area contributed by atoms with E-state index in [-0.39, 0.29) is 25.6 Å². The van der Waals surface area contributed by atoms with Crippen molar-refractivity contribution in [3.63, 3.8) is 0 Å². The monoisotopic (exact) mass is 1280 g/mol. The molecule has 0 spiro atoms. The van der Waals surface area contributed by atoms with Gasteiger partial charge >= 0.3 is 19.8 Å². The van der Waals surface area contributed by atoms with Crippen molar-refractivity contribution in [1.82, 2.24) is 0 Å². The third-order valence-electron chi connectivity index (χ3n) is 17.9. The molecule has 0 saturated carbocycles. The highest BCUT2D eigenvalue weighted by Gasteiger charge is 2.27. The molecular weight excluding hydrogens is 1120 g/mol. The number of carbonyl (C=O) groups is 2. The summed E-state index contributed by atoms with van der Waals surface area (Å²) >= 11 is 0. The molecule has 0 fully saturated rings. The zero-order valence-electron chi connectivity index (χ0n) is 60.2. The van der Waals surface area contributed by atoms with Crippen LogP contribution in [-0.4, -0.2) is 74.9 Å². The van der Waals surface area contributed by atoms with Gasteiger partial charge in [0, 0.05) is 12.8 Å². The highest BCUT2D eigenvalue weighted by atomic mass is 31.2. The second-order valence-corrected chi connectivity index (χ2v) is 29.6. The topological polar surface area (TPSA) is 108 Å². The number of unbranched alkanes of at least 4 members (excludes halogenated alkanes) is 54. The number of allylic oxidation sites excluding steroid dienone is 6. The lowest BCUT2D eigenvalue weighted by Gasteiger charge is -2.24. The van der Waals surface area contributed by atoms with Gasteiger partial charge in [0.25, 0.3) is 0 Å². The minimum absolute atomic E-state index is 0.0358. The maximum atomic E-state index is 12.9. The Hall–Kier alpha value is -1.77. The highest BCUT2D eigenvalue weighted by Crippen LogP contribution is 2.43. The van der Waals surface area contributed by atoms with Gasteiger partial charge in [-0.2, -0.15) is 0 Å².